The van der Waals surface area contributed by atoms with Gasteiger partial charge in [0.15, 0.2) is 0 Å². The number of hydrogen-bond acceptors (Lipinski definition) is 5. The molecule has 1 aliphatic heterocycles. The van der Waals surface area contributed by atoms with E-state index in [1.165, 1.54) is 18.3 Å². The van der Waals surface area contributed by atoms with E-state index in [0.717, 1.165) is 29.4 Å². The fourth-order valence-corrected chi connectivity index (χ4v) is 4.77. The standard InChI is InChI=1S/C17H15F3N2O2S2/c18-17(19,20)11-1-4-13(5-2-11)24-15-6-3-12(9-21-15)22-16(23)14-10-25-7-8-26-14/h1-6,9,14H,7-8,10H2,(H,22,23)/t14-/m1/s1. The summed E-state index contributed by atoms with van der Waals surface area (Å²) in [6, 6.07) is 7.56. The van der Waals surface area contributed by atoms with Gasteiger partial charge in [0.05, 0.1) is 22.7 Å². The molecular formula is C17H15F3N2O2S2. The summed E-state index contributed by atoms with van der Waals surface area (Å²) in [5.74, 6) is 3.23. The van der Waals surface area contributed by atoms with Gasteiger partial charge in [-0.1, -0.05) is 0 Å². The summed E-state index contributed by atoms with van der Waals surface area (Å²) in [5, 5.41) is 2.74. The Morgan fingerprint density at radius 1 is 1.15 bits per heavy atom. The largest absolute Gasteiger partial charge is 0.439 e. The van der Waals surface area contributed by atoms with Crippen LogP contribution < -0.4 is 10.1 Å². The third-order valence-electron chi connectivity index (χ3n) is 3.52. The van der Waals surface area contributed by atoms with E-state index < -0.39 is 11.7 Å². The molecule has 1 N–H and O–H groups in total. The molecule has 26 heavy (non-hydrogen) atoms. The summed E-state index contributed by atoms with van der Waals surface area (Å²) in [6.07, 6.45) is -2.93. The molecule has 2 heterocycles. The number of carbonyl (C=O) groups excluding carboxylic acids is 1. The van der Waals surface area contributed by atoms with E-state index in [1.807, 2.05) is 0 Å². The Hall–Kier alpha value is -1.87. The fraction of sp³-hybridized carbons (Fsp3) is 0.294. The molecule has 0 bridgehead atoms. The van der Waals surface area contributed by atoms with Crippen LogP contribution in [0.4, 0.5) is 18.9 Å². The van der Waals surface area contributed by atoms with Crippen molar-refractivity contribution in [1.29, 1.82) is 0 Å². The first-order valence-electron chi connectivity index (χ1n) is 7.73. The van der Waals surface area contributed by atoms with Crippen LogP contribution in [-0.2, 0) is 11.0 Å². The molecule has 2 aromatic rings. The van der Waals surface area contributed by atoms with E-state index >= 15 is 0 Å². The van der Waals surface area contributed by atoms with Crippen LogP contribution >= 0.6 is 23.5 Å². The summed E-state index contributed by atoms with van der Waals surface area (Å²) < 4.78 is 43.0. The maximum Gasteiger partial charge on any atom is 0.416 e. The number of halogens is 3. The Balaban J connectivity index is 1.58. The molecule has 0 unspecified atom stereocenters. The van der Waals surface area contributed by atoms with Crippen LogP contribution in [-0.4, -0.2) is 33.4 Å². The van der Waals surface area contributed by atoms with Crippen molar-refractivity contribution >= 4 is 35.1 Å². The van der Waals surface area contributed by atoms with Gasteiger partial charge in [0.1, 0.15) is 5.75 Å². The van der Waals surface area contributed by atoms with Crippen LogP contribution in [0.5, 0.6) is 11.6 Å². The zero-order valence-electron chi connectivity index (χ0n) is 13.5. The van der Waals surface area contributed by atoms with Crippen molar-refractivity contribution in [2.24, 2.45) is 0 Å². The van der Waals surface area contributed by atoms with E-state index in [4.69, 9.17) is 4.74 Å². The van der Waals surface area contributed by atoms with E-state index in [1.54, 1.807) is 35.7 Å². The number of rotatable bonds is 4. The summed E-state index contributed by atoms with van der Waals surface area (Å²) in [6.45, 7) is 0. The second kappa shape index (κ2) is 8.22. The van der Waals surface area contributed by atoms with Crippen LogP contribution in [0.3, 0.4) is 0 Å². The third kappa shape index (κ3) is 5.07. The van der Waals surface area contributed by atoms with E-state index in [0.29, 0.717) is 5.69 Å². The number of pyridine rings is 1. The second-order valence-electron chi connectivity index (χ2n) is 5.43. The van der Waals surface area contributed by atoms with Crippen LogP contribution in [0, 0.1) is 0 Å². The quantitative estimate of drug-likeness (QED) is 0.808. The van der Waals surface area contributed by atoms with Crippen molar-refractivity contribution in [2.75, 3.05) is 22.6 Å². The average molecular weight is 400 g/mol. The molecule has 1 amide bonds. The van der Waals surface area contributed by atoms with Gasteiger partial charge in [-0.2, -0.15) is 24.9 Å². The molecule has 1 atom stereocenters. The molecule has 1 aliphatic rings. The minimum Gasteiger partial charge on any atom is -0.439 e. The highest BCUT2D eigenvalue weighted by Crippen LogP contribution is 2.31. The van der Waals surface area contributed by atoms with Gasteiger partial charge in [0.25, 0.3) is 0 Å². The number of nitrogens with zero attached hydrogens (tertiary/aromatic N) is 1. The SMILES string of the molecule is O=C(Nc1ccc(Oc2ccc(C(F)(F)F)cc2)nc1)[C@H]1CSCCS1. The van der Waals surface area contributed by atoms with Gasteiger partial charge < -0.3 is 10.1 Å². The van der Waals surface area contributed by atoms with Gasteiger partial charge in [-0.25, -0.2) is 4.98 Å². The second-order valence-corrected chi connectivity index (χ2v) is 7.89. The minimum absolute atomic E-state index is 0.0552. The molecule has 3 rings (SSSR count). The van der Waals surface area contributed by atoms with Crippen molar-refractivity contribution in [1.82, 2.24) is 4.98 Å². The Morgan fingerprint density at radius 2 is 1.92 bits per heavy atom. The van der Waals surface area contributed by atoms with E-state index in [9.17, 15) is 18.0 Å². The minimum atomic E-state index is -4.38. The molecular weight excluding hydrogens is 385 g/mol. The normalized spacial score (nSPS) is 17.6. The van der Waals surface area contributed by atoms with Gasteiger partial charge in [-0.3, -0.25) is 4.79 Å². The van der Waals surface area contributed by atoms with Gasteiger partial charge in [0, 0.05) is 23.3 Å². The Labute approximate surface area is 156 Å². The lowest BCUT2D eigenvalue weighted by atomic mass is 10.2. The number of aromatic nitrogens is 1. The van der Waals surface area contributed by atoms with Crippen molar-refractivity contribution in [3.05, 3.63) is 48.2 Å². The van der Waals surface area contributed by atoms with Crippen molar-refractivity contribution < 1.29 is 22.7 Å². The summed E-state index contributed by atoms with van der Waals surface area (Å²) in [5.41, 5.74) is -0.194. The molecule has 0 radical (unpaired) electrons. The number of benzene rings is 1. The highest BCUT2D eigenvalue weighted by Gasteiger charge is 2.30. The number of nitrogens with one attached hydrogen (secondary N) is 1. The van der Waals surface area contributed by atoms with Crippen molar-refractivity contribution in [2.45, 2.75) is 11.4 Å². The van der Waals surface area contributed by atoms with Crippen LogP contribution in [0.2, 0.25) is 0 Å². The van der Waals surface area contributed by atoms with Crippen LogP contribution in [0.1, 0.15) is 5.56 Å². The molecule has 9 heteroatoms. The first-order chi connectivity index (χ1) is 12.4. The lowest BCUT2D eigenvalue weighted by Gasteiger charge is -2.20. The first kappa shape index (κ1) is 18.9. The van der Waals surface area contributed by atoms with E-state index in [-0.39, 0.29) is 22.8 Å². The number of amides is 1. The molecule has 1 saturated heterocycles. The molecule has 1 aromatic carbocycles. The molecule has 0 saturated carbocycles. The number of alkyl halides is 3. The van der Waals surface area contributed by atoms with Gasteiger partial charge >= 0.3 is 6.18 Å². The fourth-order valence-electron chi connectivity index (χ4n) is 2.21. The molecule has 0 aliphatic carbocycles. The number of carbonyl (C=O) groups is 1. The van der Waals surface area contributed by atoms with E-state index in [2.05, 4.69) is 10.3 Å². The smallest absolute Gasteiger partial charge is 0.416 e. The van der Waals surface area contributed by atoms with Crippen molar-refractivity contribution in [3.63, 3.8) is 0 Å². The Bertz CT molecular complexity index is 746. The van der Waals surface area contributed by atoms with Gasteiger partial charge in [-0.05, 0) is 30.3 Å². The first-order valence-corrected chi connectivity index (χ1v) is 9.93. The van der Waals surface area contributed by atoms with Crippen LogP contribution in [0.15, 0.2) is 42.6 Å². The zero-order valence-corrected chi connectivity index (χ0v) is 15.1. The van der Waals surface area contributed by atoms with Gasteiger partial charge in [0.2, 0.25) is 11.8 Å². The number of hydrogen-bond donors (Lipinski definition) is 1. The molecule has 138 valence electrons. The predicted molar refractivity (Wildman–Crippen MR) is 98.0 cm³/mol. The summed E-state index contributed by atoms with van der Waals surface area (Å²) in [7, 11) is 0. The predicted octanol–water partition coefficient (Wildman–Crippen LogP) is 4.68. The number of anilines is 1. The average Bonchev–Trinajstić information content (AvgIpc) is 2.64. The summed E-state index contributed by atoms with van der Waals surface area (Å²) in [4.78, 5) is 16.2. The number of ether oxygens (including phenoxy) is 1. The van der Waals surface area contributed by atoms with Crippen molar-refractivity contribution in [3.8, 4) is 11.6 Å². The molecule has 1 aromatic heterocycles. The topological polar surface area (TPSA) is 51.2 Å². The molecule has 4 nitrogen and oxygen atoms in total. The third-order valence-corrected chi connectivity index (χ3v) is 6.27. The number of thioether (sulfide) groups is 2. The molecule has 0 spiro atoms. The highest BCUT2D eigenvalue weighted by atomic mass is 32.2. The lowest BCUT2D eigenvalue weighted by molar-refractivity contribution is -0.137. The Morgan fingerprint density at radius 3 is 2.50 bits per heavy atom. The zero-order chi connectivity index (χ0) is 18.6. The molecule has 1 fully saturated rings. The lowest BCUT2D eigenvalue weighted by Crippen LogP contribution is -2.30. The Kier molecular flexibility index (Phi) is 5.98. The van der Waals surface area contributed by atoms with Gasteiger partial charge in [-0.15, -0.1) is 11.8 Å². The maximum absolute atomic E-state index is 12.5. The summed E-state index contributed by atoms with van der Waals surface area (Å²) >= 11 is 3.40. The highest BCUT2D eigenvalue weighted by molar-refractivity contribution is 8.07. The van der Waals surface area contributed by atoms with Crippen LogP contribution in [0.25, 0.3) is 0 Å². The monoisotopic (exact) mass is 400 g/mol. The maximum atomic E-state index is 12.5.